The summed E-state index contributed by atoms with van der Waals surface area (Å²) in [5.41, 5.74) is 2.24. The molecule has 0 spiro atoms. The molecule has 106 valence electrons. The summed E-state index contributed by atoms with van der Waals surface area (Å²) in [5, 5.41) is 3.37. The summed E-state index contributed by atoms with van der Waals surface area (Å²) in [7, 11) is 0. The van der Waals surface area contributed by atoms with Crippen LogP contribution in [-0.4, -0.2) is 47.6 Å². The van der Waals surface area contributed by atoms with E-state index in [9.17, 15) is 0 Å². The van der Waals surface area contributed by atoms with Gasteiger partial charge in [-0.15, -0.1) is 0 Å². The Morgan fingerprint density at radius 2 is 2.00 bits per heavy atom. The van der Waals surface area contributed by atoms with Crippen LogP contribution in [0.25, 0.3) is 11.3 Å². The molecule has 1 aromatic heterocycles. The second-order valence-electron chi connectivity index (χ2n) is 5.07. The monoisotopic (exact) mass is 334 g/mol. The first-order valence-corrected chi connectivity index (χ1v) is 7.84. The van der Waals surface area contributed by atoms with E-state index in [4.69, 9.17) is 0 Å². The van der Waals surface area contributed by atoms with Gasteiger partial charge in [-0.2, -0.15) is 0 Å². The molecule has 3 rings (SSSR count). The number of nitrogens with zero attached hydrogens (tertiary/aromatic N) is 2. The Balaban J connectivity index is 1.63. The molecule has 1 aromatic carbocycles. The van der Waals surface area contributed by atoms with E-state index in [-0.39, 0.29) is 0 Å². The maximum Gasteiger partial charge on any atom is 0.107 e. The second kappa shape index (κ2) is 6.52. The molecular weight excluding hydrogens is 316 g/mol. The lowest BCUT2D eigenvalue weighted by molar-refractivity contribution is 0.242. The fourth-order valence-corrected chi connectivity index (χ4v) is 3.00. The largest absolute Gasteiger partial charge is 0.342 e. The van der Waals surface area contributed by atoms with Crippen molar-refractivity contribution in [3.63, 3.8) is 0 Å². The third-order valence-corrected chi connectivity index (χ3v) is 4.36. The Morgan fingerprint density at radius 3 is 2.80 bits per heavy atom. The van der Waals surface area contributed by atoms with Gasteiger partial charge in [-0.25, -0.2) is 4.98 Å². The van der Waals surface area contributed by atoms with E-state index in [1.165, 1.54) is 0 Å². The standard InChI is InChI=1S/C15H19BrN4/c16-13-4-2-1-3-12(13)14-11-18-15(19-14)5-8-20-9-6-17-7-10-20/h1-4,11,17H,5-10H2,(H,18,19). The minimum atomic E-state index is 0.977. The van der Waals surface area contributed by atoms with Gasteiger partial charge < -0.3 is 15.2 Å². The van der Waals surface area contributed by atoms with Crippen molar-refractivity contribution in [3.8, 4) is 11.3 Å². The topological polar surface area (TPSA) is 44.0 Å². The average molecular weight is 335 g/mol. The molecule has 0 radical (unpaired) electrons. The number of imidazole rings is 1. The first-order chi connectivity index (χ1) is 9.83. The number of aromatic nitrogens is 2. The number of aromatic amines is 1. The van der Waals surface area contributed by atoms with Crippen LogP contribution >= 0.6 is 15.9 Å². The third kappa shape index (κ3) is 3.29. The first kappa shape index (κ1) is 13.8. The quantitative estimate of drug-likeness (QED) is 0.901. The molecule has 1 saturated heterocycles. The summed E-state index contributed by atoms with van der Waals surface area (Å²) in [6.07, 6.45) is 2.90. The van der Waals surface area contributed by atoms with Gasteiger partial charge in [0, 0.05) is 49.2 Å². The van der Waals surface area contributed by atoms with Gasteiger partial charge >= 0.3 is 0 Å². The molecule has 1 aliphatic heterocycles. The van der Waals surface area contributed by atoms with Crippen molar-refractivity contribution >= 4 is 15.9 Å². The van der Waals surface area contributed by atoms with Gasteiger partial charge in [0.25, 0.3) is 0 Å². The van der Waals surface area contributed by atoms with Crippen molar-refractivity contribution in [2.75, 3.05) is 32.7 Å². The van der Waals surface area contributed by atoms with Gasteiger partial charge in [-0.3, -0.25) is 0 Å². The SMILES string of the molecule is Brc1ccccc1-c1cnc(CCN2CCNCC2)[nH]1. The first-order valence-electron chi connectivity index (χ1n) is 7.05. The molecule has 0 aliphatic carbocycles. The van der Waals surface area contributed by atoms with Crippen molar-refractivity contribution in [1.82, 2.24) is 20.2 Å². The summed E-state index contributed by atoms with van der Waals surface area (Å²) in [5.74, 6) is 1.06. The molecule has 0 bridgehead atoms. The van der Waals surface area contributed by atoms with Crippen LogP contribution in [0.4, 0.5) is 0 Å². The van der Waals surface area contributed by atoms with E-state index in [2.05, 4.69) is 48.2 Å². The summed E-state index contributed by atoms with van der Waals surface area (Å²) >= 11 is 3.58. The highest BCUT2D eigenvalue weighted by Gasteiger charge is 2.11. The lowest BCUT2D eigenvalue weighted by atomic mass is 10.2. The summed E-state index contributed by atoms with van der Waals surface area (Å²) < 4.78 is 1.09. The van der Waals surface area contributed by atoms with Gasteiger partial charge in [0.1, 0.15) is 5.82 Å². The molecule has 0 saturated carbocycles. The number of rotatable bonds is 4. The van der Waals surface area contributed by atoms with E-state index in [0.717, 1.165) is 60.7 Å². The predicted molar refractivity (Wildman–Crippen MR) is 84.7 cm³/mol. The Kier molecular flexibility index (Phi) is 4.50. The fraction of sp³-hybridized carbons (Fsp3) is 0.400. The lowest BCUT2D eigenvalue weighted by Gasteiger charge is -2.26. The number of hydrogen-bond donors (Lipinski definition) is 2. The van der Waals surface area contributed by atoms with E-state index in [0.29, 0.717) is 0 Å². The molecule has 0 unspecified atom stereocenters. The smallest absolute Gasteiger partial charge is 0.107 e. The van der Waals surface area contributed by atoms with Crippen LogP contribution in [0.2, 0.25) is 0 Å². The highest BCUT2D eigenvalue weighted by Crippen LogP contribution is 2.26. The number of H-pyrrole nitrogens is 1. The third-order valence-electron chi connectivity index (χ3n) is 3.67. The van der Waals surface area contributed by atoms with Gasteiger partial charge in [0.05, 0.1) is 11.9 Å². The maximum absolute atomic E-state index is 4.50. The number of hydrogen-bond acceptors (Lipinski definition) is 3. The van der Waals surface area contributed by atoms with Crippen LogP contribution in [0.1, 0.15) is 5.82 Å². The highest BCUT2D eigenvalue weighted by atomic mass is 79.9. The zero-order valence-corrected chi connectivity index (χ0v) is 13.0. The van der Waals surface area contributed by atoms with Crippen LogP contribution in [0.3, 0.4) is 0 Å². The van der Waals surface area contributed by atoms with Gasteiger partial charge in [0.2, 0.25) is 0 Å². The fourth-order valence-electron chi connectivity index (χ4n) is 2.50. The molecule has 5 heteroatoms. The van der Waals surface area contributed by atoms with Gasteiger partial charge in [-0.1, -0.05) is 34.1 Å². The van der Waals surface area contributed by atoms with Crippen molar-refractivity contribution in [3.05, 3.63) is 40.8 Å². The van der Waals surface area contributed by atoms with Crippen LogP contribution in [0.15, 0.2) is 34.9 Å². The van der Waals surface area contributed by atoms with E-state index in [1.807, 2.05) is 18.3 Å². The highest BCUT2D eigenvalue weighted by molar-refractivity contribution is 9.10. The van der Waals surface area contributed by atoms with E-state index < -0.39 is 0 Å². The van der Waals surface area contributed by atoms with E-state index in [1.54, 1.807) is 0 Å². The summed E-state index contributed by atoms with van der Waals surface area (Å²) in [6.45, 7) is 5.54. The Hall–Kier alpha value is -1.17. The normalized spacial score (nSPS) is 16.4. The Bertz CT molecular complexity index is 561. The lowest BCUT2D eigenvalue weighted by Crippen LogP contribution is -2.44. The number of benzene rings is 1. The van der Waals surface area contributed by atoms with E-state index >= 15 is 0 Å². The zero-order valence-electron chi connectivity index (χ0n) is 11.4. The number of nitrogens with one attached hydrogen (secondary N) is 2. The van der Waals surface area contributed by atoms with Crippen molar-refractivity contribution in [1.29, 1.82) is 0 Å². The molecular formula is C15H19BrN4. The second-order valence-corrected chi connectivity index (χ2v) is 5.92. The minimum Gasteiger partial charge on any atom is -0.342 e. The van der Waals surface area contributed by atoms with Crippen LogP contribution in [0.5, 0.6) is 0 Å². The molecule has 0 atom stereocenters. The molecule has 0 amide bonds. The van der Waals surface area contributed by atoms with Crippen molar-refractivity contribution in [2.24, 2.45) is 0 Å². The van der Waals surface area contributed by atoms with Gasteiger partial charge in [0.15, 0.2) is 0 Å². The summed E-state index contributed by atoms with van der Waals surface area (Å²) in [4.78, 5) is 10.4. The molecule has 2 aromatic rings. The Labute approximate surface area is 127 Å². The molecule has 1 fully saturated rings. The summed E-state index contributed by atoms with van der Waals surface area (Å²) in [6, 6.07) is 8.21. The maximum atomic E-state index is 4.50. The zero-order chi connectivity index (χ0) is 13.8. The molecule has 2 N–H and O–H groups in total. The molecule has 4 nitrogen and oxygen atoms in total. The Morgan fingerprint density at radius 1 is 1.20 bits per heavy atom. The predicted octanol–water partition coefficient (Wildman–Crippen LogP) is 2.29. The van der Waals surface area contributed by atoms with Crippen LogP contribution in [-0.2, 0) is 6.42 Å². The van der Waals surface area contributed by atoms with Crippen LogP contribution in [0, 0.1) is 0 Å². The molecule has 2 heterocycles. The molecule has 20 heavy (non-hydrogen) atoms. The van der Waals surface area contributed by atoms with Crippen molar-refractivity contribution in [2.45, 2.75) is 6.42 Å². The number of halogens is 1. The van der Waals surface area contributed by atoms with Crippen LogP contribution < -0.4 is 5.32 Å². The van der Waals surface area contributed by atoms with Crippen molar-refractivity contribution < 1.29 is 0 Å². The minimum absolute atomic E-state index is 0.977. The average Bonchev–Trinajstić information content (AvgIpc) is 2.95. The van der Waals surface area contributed by atoms with Gasteiger partial charge in [-0.05, 0) is 6.07 Å². The number of piperazine rings is 1. The molecule has 1 aliphatic rings.